The van der Waals surface area contributed by atoms with Gasteiger partial charge >= 0.3 is 0 Å². The van der Waals surface area contributed by atoms with E-state index >= 15 is 0 Å². The third-order valence-electron chi connectivity index (χ3n) is 3.98. The zero-order valence-electron chi connectivity index (χ0n) is 11.8. The summed E-state index contributed by atoms with van der Waals surface area (Å²) in [5.74, 6) is 1.05. The first kappa shape index (κ1) is 14.5. The molecule has 0 spiro atoms. The van der Waals surface area contributed by atoms with Gasteiger partial charge in [0, 0.05) is 24.5 Å². The Labute approximate surface area is 106 Å². The third kappa shape index (κ3) is 3.70. The minimum atomic E-state index is 0.162. The van der Waals surface area contributed by atoms with Crippen LogP contribution in [0.4, 0.5) is 0 Å². The number of rotatable bonds is 4. The molecule has 1 rings (SSSR count). The Morgan fingerprint density at radius 3 is 2.53 bits per heavy atom. The molecule has 1 aliphatic carbocycles. The minimum absolute atomic E-state index is 0.162. The fraction of sp³-hybridized carbons (Fsp3) is 0.929. The number of hydrogen-bond acceptors (Lipinski definition) is 2. The third-order valence-corrected chi connectivity index (χ3v) is 3.98. The average Bonchev–Trinajstić information content (AvgIpc) is 2.28. The van der Waals surface area contributed by atoms with Gasteiger partial charge in [0.2, 0.25) is 5.91 Å². The summed E-state index contributed by atoms with van der Waals surface area (Å²) in [6.45, 7) is 9.38. The van der Waals surface area contributed by atoms with E-state index in [1.165, 1.54) is 0 Å². The van der Waals surface area contributed by atoms with Crippen LogP contribution in [0.15, 0.2) is 0 Å². The van der Waals surface area contributed by atoms with E-state index < -0.39 is 0 Å². The van der Waals surface area contributed by atoms with Crippen LogP contribution in [-0.4, -0.2) is 29.4 Å². The van der Waals surface area contributed by atoms with Gasteiger partial charge in [0.1, 0.15) is 0 Å². The van der Waals surface area contributed by atoms with Crippen LogP contribution >= 0.6 is 0 Å². The van der Waals surface area contributed by atoms with E-state index in [-0.39, 0.29) is 12.0 Å². The van der Waals surface area contributed by atoms with Gasteiger partial charge in [-0.05, 0) is 45.4 Å². The second-order valence-electron chi connectivity index (χ2n) is 5.78. The van der Waals surface area contributed by atoms with E-state index in [1.54, 1.807) is 0 Å². The number of amides is 1. The van der Waals surface area contributed by atoms with Crippen LogP contribution in [0.2, 0.25) is 0 Å². The molecule has 1 amide bonds. The lowest BCUT2D eigenvalue weighted by Gasteiger charge is -2.36. The number of hydrogen-bond donors (Lipinski definition) is 1. The predicted molar refractivity (Wildman–Crippen MR) is 71.6 cm³/mol. The maximum atomic E-state index is 12.5. The molecule has 1 aliphatic rings. The van der Waals surface area contributed by atoms with E-state index in [4.69, 9.17) is 5.73 Å². The van der Waals surface area contributed by atoms with Crippen molar-refractivity contribution in [2.24, 2.45) is 17.6 Å². The highest BCUT2D eigenvalue weighted by molar-refractivity contribution is 5.79. The molecule has 17 heavy (non-hydrogen) atoms. The largest absolute Gasteiger partial charge is 0.340 e. The lowest BCUT2D eigenvalue weighted by atomic mass is 9.79. The smallest absolute Gasteiger partial charge is 0.225 e. The van der Waals surface area contributed by atoms with E-state index in [9.17, 15) is 4.79 Å². The first-order chi connectivity index (χ1) is 7.97. The maximum absolute atomic E-state index is 12.5. The van der Waals surface area contributed by atoms with Crippen LogP contribution in [0.5, 0.6) is 0 Å². The quantitative estimate of drug-likeness (QED) is 0.820. The molecule has 100 valence electrons. The van der Waals surface area contributed by atoms with Gasteiger partial charge in [-0.25, -0.2) is 0 Å². The zero-order valence-corrected chi connectivity index (χ0v) is 11.8. The van der Waals surface area contributed by atoms with Gasteiger partial charge in [-0.1, -0.05) is 13.8 Å². The van der Waals surface area contributed by atoms with Crippen LogP contribution in [0.1, 0.15) is 53.4 Å². The minimum Gasteiger partial charge on any atom is -0.340 e. The molecule has 1 saturated carbocycles. The fourth-order valence-corrected chi connectivity index (χ4v) is 2.68. The molecule has 0 radical (unpaired) electrons. The van der Waals surface area contributed by atoms with Crippen LogP contribution in [0, 0.1) is 11.8 Å². The van der Waals surface area contributed by atoms with Crippen molar-refractivity contribution in [2.75, 3.05) is 6.54 Å². The van der Waals surface area contributed by atoms with Crippen molar-refractivity contribution in [3.05, 3.63) is 0 Å². The van der Waals surface area contributed by atoms with Crippen molar-refractivity contribution in [3.8, 4) is 0 Å². The second-order valence-corrected chi connectivity index (χ2v) is 5.78. The Kier molecular flexibility index (Phi) is 5.44. The summed E-state index contributed by atoms with van der Waals surface area (Å²) in [4.78, 5) is 14.5. The standard InChI is InChI=1S/C14H28N2O/c1-5-8-16(10(2)3)14(17)12-7-6-11(4)13(15)9-12/h10-13H,5-9,15H2,1-4H3. The van der Waals surface area contributed by atoms with E-state index in [1.807, 2.05) is 4.90 Å². The summed E-state index contributed by atoms with van der Waals surface area (Å²) in [6, 6.07) is 0.506. The van der Waals surface area contributed by atoms with Crippen LogP contribution in [0.25, 0.3) is 0 Å². The van der Waals surface area contributed by atoms with Gasteiger partial charge in [-0.15, -0.1) is 0 Å². The molecule has 3 atom stereocenters. The number of carbonyl (C=O) groups is 1. The van der Waals surface area contributed by atoms with E-state index in [0.29, 0.717) is 17.9 Å². The molecule has 3 heteroatoms. The molecular weight excluding hydrogens is 212 g/mol. The van der Waals surface area contributed by atoms with Crippen LogP contribution in [-0.2, 0) is 4.79 Å². The first-order valence-corrected chi connectivity index (χ1v) is 7.03. The molecule has 0 aromatic heterocycles. The summed E-state index contributed by atoms with van der Waals surface area (Å²) in [5.41, 5.74) is 6.09. The SMILES string of the molecule is CCCN(C(=O)C1CCC(C)C(N)C1)C(C)C. The average molecular weight is 240 g/mol. The number of nitrogens with two attached hydrogens (primary N) is 1. The lowest BCUT2D eigenvalue weighted by Crippen LogP contribution is -2.45. The van der Waals surface area contributed by atoms with Crippen molar-refractivity contribution in [3.63, 3.8) is 0 Å². The Balaban J connectivity index is 2.61. The number of carbonyl (C=O) groups excluding carboxylic acids is 1. The van der Waals surface area contributed by atoms with Crippen molar-refractivity contribution >= 4 is 5.91 Å². The highest BCUT2D eigenvalue weighted by atomic mass is 16.2. The summed E-state index contributed by atoms with van der Waals surface area (Å²) in [7, 11) is 0. The molecule has 0 saturated heterocycles. The molecule has 0 heterocycles. The molecule has 3 unspecified atom stereocenters. The highest BCUT2D eigenvalue weighted by Gasteiger charge is 2.32. The van der Waals surface area contributed by atoms with Gasteiger partial charge < -0.3 is 10.6 Å². The molecule has 3 nitrogen and oxygen atoms in total. The van der Waals surface area contributed by atoms with Gasteiger partial charge in [-0.2, -0.15) is 0 Å². The zero-order chi connectivity index (χ0) is 13.0. The molecule has 0 aliphatic heterocycles. The molecule has 1 fully saturated rings. The van der Waals surface area contributed by atoms with Crippen LogP contribution in [0.3, 0.4) is 0 Å². The Hall–Kier alpha value is -0.570. The van der Waals surface area contributed by atoms with Gasteiger partial charge in [0.05, 0.1) is 0 Å². The summed E-state index contributed by atoms with van der Waals surface area (Å²) < 4.78 is 0. The first-order valence-electron chi connectivity index (χ1n) is 7.03. The molecule has 0 bridgehead atoms. The van der Waals surface area contributed by atoms with E-state index in [0.717, 1.165) is 32.2 Å². The molecule has 0 aromatic carbocycles. The van der Waals surface area contributed by atoms with Crippen molar-refractivity contribution in [1.82, 2.24) is 4.90 Å². The van der Waals surface area contributed by atoms with Crippen molar-refractivity contribution < 1.29 is 4.79 Å². The molecular formula is C14H28N2O. The summed E-state index contributed by atoms with van der Waals surface area (Å²) in [6.07, 6.45) is 4.00. The predicted octanol–water partition coefficient (Wildman–Crippen LogP) is 2.40. The van der Waals surface area contributed by atoms with Gasteiger partial charge in [0.25, 0.3) is 0 Å². The van der Waals surface area contributed by atoms with Crippen LogP contribution < -0.4 is 5.73 Å². The molecule has 2 N–H and O–H groups in total. The number of nitrogens with zero attached hydrogens (tertiary/aromatic N) is 1. The Bertz CT molecular complexity index is 253. The second kappa shape index (κ2) is 6.39. The normalized spacial score (nSPS) is 29.4. The topological polar surface area (TPSA) is 46.3 Å². The lowest BCUT2D eigenvalue weighted by molar-refractivity contribution is -0.138. The van der Waals surface area contributed by atoms with Gasteiger partial charge in [-0.3, -0.25) is 4.79 Å². The monoisotopic (exact) mass is 240 g/mol. The highest BCUT2D eigenvalue weighted by Crippen LogP contribution is 2.29. The van der Waals surface area contributed by atoms with Crippen molar-refractivity contribution in [2.45, 2.75) is 65.5 Å². The van der Waals surface area contributed by atoms with Gasteiger partial charge in [0.15, 0.2) is 0 Å². The maximum Gasteiger partial charge on any atom is 0.225 e. The Morgan fingerprint density at radius 2 is 2.06 bits per heavy atom. The Morgan fingerprint density at radius 1 is 1.41 bits per heavy atom. The van der Waals surface area contributed by atoms with Crippen molar-refractivity contribution in [1.29, 1.82) is 0 Å². The van der Waals surface area contributed by atoms with E-state index in [2.05, 4.69) is 27.7 Å². The molecule has 0 aromatic rings. The summed E-state index contributed by atoms with van der Waals surface area (Å²) in [5, 5.41) is 0. The fourth-order valence-electron chi connectivity index (χ4n) is 2.68. The summed E-state index contributed by atoms with van der Waals surface area (Å²) >= 11 is 0.